The van der Waals surface area contributed by atoms with Crippen LogP contribution in [0.15, 0.2) is 22.7 Å². The molecule has 1 atom stereocenters. The molecule has 1 saturated heterocycles. The molecule has 0 spiro atoms. The molecule has 1 aliphatic rings. The molecule has 0 amide bonds. The van der Waals surface area contributed by atoms with Crippen molar-refractivity contribution in [3.8, 4) is 0 Å². The van der Waals surface area contributed by atoms with Crippen LogP contribution in [0.4, 0.5) is 11.4 Å². The standard InChI is InChI=1S/C13H19BrN2O/c14-10-4-5-13(12(15)9-10)16-7-2-1-3-11(16)6-8-17/h4-5,9,11,17H,1-3,6-8,15H2. The fraction of sp³-hybridized carbons (Fsp3) is 0.538. The normalized spacial score (nSPS) is 20.6. The Bertz CT molecular complexity index is 382. The molecule has 1 aliphatic heterocycles. The Balaban J connectivity index is 2.23. The second-order valence-electron chi connectivity index (χ2n) is 4.56. The van der Waals surface area contributed by atoms with Crippen LogP contribution >= 0.6 is 15.9 Å². The summed E-state index contributed by atoms with van der Waals surface area (Å²) in [6.45, 7) is 1.29. The van der Waals surface area contributed by atoms with Crippen molar-refractivity contribution in [1.29, 1.82) is 0 Å². The van der Waals surface area contributed by atoms with Crippen LogP contribution in [0.5, 0.6) is 0 Å². The second-order valence-corrected chi connectivity index (χ2v) is 5.47. The summed E-state index contributed by atoms with van der Waals surface area (Å²) in [4.78, 5) is 2.35. The largest absolute Gasteiger partial charge is 0.397 e. The van der Waals surface area contributed by atoms with Gasteiger partial charge < -0.3 is 15.7 Å². The maximum absolute atomic E-state index is 9.13. The number of hydrogen-bond acceptors (Lipinski definition) is 3. The number of benzene rings is 1. The van der Waals surface area contributed by atoms with Gasteiger partial charge in [0.25, 0.3) is 0 Å². The van der Waals surface area contributed by atoms with Crippen molar-refractivity contribution in [2.45, 2.75) is 31.7 Å². The summed E-state index contributed by atoms with van der Waals surface area (Å²) >= 11 is 3.43. The lowest BCUT2D eigenvalue weighted by Crippen LogP contribution is -2.40. The van der Waals surface area contributed by atoms with Crippen LogP contribution < -0.4 is 10.6 Å². The first-order valence-corrected chi connectivity index (χ1v) is 6.94. The Morgan fingerprint density at radius 3 is 2.94 bits per heavy atom. The van der Waals surface area contributed by atoms with E-state index in [9.17, 15) is 0 Å². The molecule has 2 rings (SSSR count). The van der Waals surface area contributed by atoms with Crippen molar-refractivity contribution in [2.24, 2.45) is 0 Å². The summed E-state index contributed by atoms with van der Waals surface area (Å²) in [5.41, 5.74) is 7.99. The van der Waals surface area contributed by atoms with Crippen molar-refractivity contribution in [3.63, 3.8) is 0 Å². The van der Waals surface area contributed by atoms with Crippen LogP contribution in [-0.4, -0.2) is 24.3 Å². The van der Waals surface area contributed by atoms with Crippen LogP contribution in [0.1, 0.15) is 25.7 Å². The van der Waals surface area contributed by atoms with Crippen molar-refractivity contribution in [3.05, 3.63) is 22.7 Å². The van der Waals surface area contributed by atoms with E-state index in [1.165, 1.54) is 12.8 Å². The Hall–Kier alpha value is -0.740. The molecule has 0 bridgehead atoms. The van der Waals surface area contributed by atoms with Crippen molar-refractivity contribution in [2.75, 3.05) is 23.8 Å². The molecule has 1 unspecified atom stereocenters. The van der Waals surface area contributed by atoms with E-state index in [1.807, 2.05) is 12.1 Å². The molecule has 1 fully saturated rings. The molecule has 17 heavy (non-hydrogen) atoms. The van der Waals surface area contributed by atoms with E-state index in [0.29, 0.717) is 6.04 Å². The van der Waals surface area contributed by atoms with Gasteiger partial charge in [0, 0.05) is 23.7 Å². The maximum Gasteiger partial charge on any atom is 0.0603 e. The highest BCUT2D eigenvalue weighted by atomic mass is 79.9. The summed E-state index contributed by atoms with van der Waals surface area (Å²) in [7, 11) is 0. The molecule has 1 heterocycles. The molecule has 3 N–H and O–H groups in total. The van der Waals surface area contributed by atoms with Gasteiger partial charge in [0.2, 0.25) is 0 Å². The predicted octanol–water partition coefficient (Wildman–Crippen LogP) is 2.77. The summed E-state index contributed by atoms with van der Waals surface area (Å²) in [5.74, 6) is 0. The van der Waals surface area contributed by atoms with Gasteiger partial charge in [-0.3, -0.25) is 0 Å². The van der Waals surface area contributed by atoms with Crippen molar-refractivity contribution in [1.82, 2.24) is 0 Å². The zero-order valence-electron chi connectivity index (χ0n) is 9.90. The summed E-state index contributed by atoms with van der Waals surface area (Å²) < 4.78 is 1.01. The third-order valence-electron chi connectivity index (χ3n) is 3.39. The number of nitrogen functional groups attached to an aromatic ring is 1. The number of aliphatic hydroxyl groups is 1. The van der Waals surface area contributed by atoms with E-state index in [1.54, 1.807) is 0 Å². The van der Waals surface area contributed by atoms with Gasteiger partial charge in [0.05, 0.1) is 11.4 Å². The van der Waals surface area contributed by atoms with Gasteiger partial charge in [-0.05, 0) is 43.9 Å². The van der Waals surface area contributed by atoms with Crippen LogP contribution in [0.25, 0.3) is 0 Å². The molecule has 3 nitrogen and oxygen atoms in total. The Kier molecular flexibility index (Phi) is 4.29. The minimum Gasteiger partial charge on any atom is -0.397 e. The smallest absolute Gasteiger partial charge is 0.0603 e. The van der Waals surface area contributed by atoms with Crippen molar-refractivity contribution < 1.29 is 5.11 Å². The van der Waals surface area contributed by atoms with Crippen LogP contribution in [-0.2, 0) is 0 Å². The lowest BCUT2D eigenvalue weighted by atomic mass is 9.98. The highest BCUT2D eigenvalue weighted by molar-refractivity contribution is 9.10. The Morgan fingerprint density at radius 1 is 1.41 bits per heavy atom. The average Bonchev–Trinajstić information content (AvgIpc) is 2.31. The van der Waals surface area contributed by atoms with Gasteiger partial charge in [-0.2, -0.15) is 0 Å². The van der Waals surface area contributed by atoms with E-state index >= 15 is 0 Å². The monoisotopic (exact) mass is 298 g/mol. The van der Waals surface area contributed by atoms with Gasteiger partial charge >= 0.3 is 0 Å². The molecule has 0 saturated carbocycles. The van der Waals surface area contributed by atoms with Gasteiger partial charge in [-0.15, -0.1) is 0 Å². The fourth-order valence-corrected chi connectivity index (χ4v) is 2.93. The summed E-state index contributed by atoms with van der Waals surface area (Å²) in [6, 6.07) is 6.46. The number of nitrogens with zero attached hydrogens (tertiary/aromatic N) is 1. The molecule has 1 aromatic carbocycles. The van der Waals surface area contributed by atoms with E-state index in [2.05, 4.69) is 26.9 Å². The highest BCUT2D eigenvalue weighted by Crippen LogP contribution is 2.32. The molecule has 94 valence electrons. The zero-order valence-corrected chi connectivity index (χ0v) is 11.5. The third-order valence-corrected chi connectivity index (χ3v) is 3.88. The molecular weight excluding hydrogens is 280 g/mol. The summed E-state index contributed by atoms with van der Waals surface area (Å²) in [6.07, 6.45) is 4.43. The quantitative estimate of drug-likeness (QED) is 0.844. The van der Waals surface area contributed by atoms with E-state index in [0.717, 1.165) is 35.2 Å². The molecule has 4 heteroatoms. The first-order chi connectivity index (χ1) is 8.22. The summed E-state index contributed by atoms with van der Waals surface area (Å²) in [5, 5.41) is 9.13. The second kappa shape index (κ2) is 5.74. The average molecular weight is 299 g/mol. The number of rotatable bonds is 3. The van der Waals surface area contributed by atoms with Gasteiger partial charge in [0.1, 0.15) is 0 Å². The minimum absolute atomic E-state index is 0.248. The maximum atomic E-state index is 9.13. The van der Waals surface area contributed by atoms with Crippen LogP contribution in [0.2, 0.25) is 0 Å². The van der Waals surface area contributed by atoms with E-state index in [-0.39, 0.29) is 6.61 Å². The van der Waals surface area contributed by atoms with Crippen molar-refractivity contribution >= 4 is 27.3 Å². The van der Waals surface area contributed by atoms with Gasteiger partial charge in [-0.1, -0.05) is 15.9 Å². The SMILES string of the molecule is Nc1cc(Br)ccc1N1CCCCC1CCO. The van der Waals surface area contributed by atoms with Gasteiger partial charge in [-0.25, -0.2) is 0 Å². The molecule has 0 aliphatic carbocycles. The van der Waals surface area contributed by atoms with Gasteiger partial charge in [0.15, 0.2) is 0 Å². The number of piperidine rings is 1. The number of aliphatic hydroxyl groups excluding tert-OH is 1. The van der Waals surface area contributed by atoms with E-state index < -0.39 is 0 Å². The first-order valence-electron chi connectivity index (χ1n) is 6.15. The minimum atomic E-state index is 0.248. The Morgan fingerprint density at radius 2 is 2.24 bits per heavy atom. The number of halogens is 1. The number of hydrogen-bond donors (Lipinski definition) is 2. The molecular formula is C13H19BrN2O. The first kappa shape index (κ1) is 12.7. The topological polar surface area (TPSA) is 49.5 Å². The molecule has 0 aromatic heterocycles. The third kappa shape index (κ3) is 2.93. The van der Waals surface area contributed by atoms with Crippen LogP contribution in [0.3, 0.4) is 0 Å². The Labute approximate surface area is 111 Å². The van der Waals surface area contributed by atoms with Crippen LogP contribution in [0, 0.1) is 0 Å². The number of nitrogens with two attached hydrogens (primary N) is 1. The highest BCUT2D eigenvalue weighted by Gasteiger charge is 2.23. The fourth-order valence-electron chi connectivity index (χ4n) is 2.55. The lowest BCUT2D eigenvalue weighted by Gasteiger charge is -2.38. The lowest BCUT2D eigenvalue weighted by molar-refractivity contribution is 0.262. The molecule has 1 aromatic rings. The predicted molar refractivity (Wildman–Crippen MR) is 75.2 cm³/mol. The number of anilines is 2. The zero-order chi connectivity index (χ0) is 12.3. The van der Waals surface area contributed by atoms with E-state index in [4.69, 9.17) is 10.8 Å². The molecule has 0 radical (unpaired) electrons.